The van der Waals surface area contributed by atoms with Crippen LogP contribution < -0.4 is 5.32 Å². The van der Waals surface area contributed by atoms with Gasteiger partial charge >= 0.3 is 0 Å². The maximum Gasteiger partial charge on any atom is 0.0536 e. The van der Waals surface area contributed by atoms with Crippen LogP contribution in [0.2, 0.25) is 0 Å². The lowest BCUT2D eigenvalue weighted by Gasteiger charge is -2.27. The van der Waals surface area contributed by atoms with E-state index in [-0.39, 0.29) is 12.0 Å². The molecule has 0 spiro atoms. The van der Waals surface area contributed by atoms with E-state index in [4.69, 9.17) is 4.74 Å². The Morgan fingerprint density at radius 3 is 3.00 bits per heavy atom. The van der Waals surface area contributed by atoms with E-state index in [1.807, 2.05) is 0 Å². The van der Waals surface area contributed by atoms with Gasteiger partial charge in [0, 0.05) is 36.2 Å². The molecular weight excluding hydrogens is 318 g/mol. The summed E-state index contributed by atoms with van der Waals surface area (Å²) in [5.41, 5.74) is 1.47. The van der Waals surface area contributed by atoms with Crippen LogP contribution in [0, 0.1) is 5.41 Å². The van der Waals surface area contributed by atoms with E-state index in [1.165, 1.54) is 5.56 Å². The molecule has 1 saturated heterocycles. The molecule has 0 amide bonds. The normalized spacial score (nSPS) is 23.9. The topological polar surface area (TPSA) is 41.5 Å². The Hall–Kier alpha value is -0.420. The molecule has 0 aromatic heterocycles. The predicted molar refractivity (Wildman–Crippen MR) is 85.0 cm³/mol. The summed E-state index contributed by atoms with van der Waals surface area (Å²) in [7, 11) is 0. The molecule has 2 unspecified atom stereocenters. The highest BCUT2D eigenvalue weighted by molar-refractivity contribution is 9.10. The molecule has 112 valence electrons. The summed E-state index contributed by atoms with van der Waals surface area (Å²) < 4.78 is 6.64. The minimum absolute atomic E-state index is 0.131. The van der Waals surface area contributed by atoms with Crippen LogP contribution in [0.4, 0.5) is 0 Å². The first kappa shape index (κ1) is 16.0. The van der Waals surface area contributed by atoms with Crippen molar-refractivity contribution in [3.63, 3.8) is 0 Å². The Morgan fingerprint density at radius 1 is 1.50 bits per heavy atom. The number of aliphatic hydroxyl groups excluding tert-OH is 1. The summed E-state index contributed by atoms with van der Waals surface area (Å²) in [5, 5.41) is 12.8. The summed E-state index contributed by atoms with van der Waals surface area (Å²) in [6.07, 6.45) is 1.87. The molecule has 1 fully saturated rings. The molecule has 1 aromatic carbocycles. The number of rotatable bonds is 7. The highest BCUT2D eigenvalue weighted by Gasteiger charge is 2.33. The minimum atomic E-state index is 0.131. The van der Waals surface area contributed by atoms with Gasteiger partial charge in [0.25, 0.3) is 0 Å². The van der Waals surface area contributed by atoms with E-state index in [2.05, 4.69) is 52.4 Å². The van der Waals surface area contributed by atoms with E-state index in [1.54, 1.807) is 0 Å². The summed E-state index contributed by atoms with van der Waals surface area (Å²) in [6, 6.07) is 8.47. The zero-order valence-electron chi connectivity index (χ0n) is 12.1. The first-order valence-electron chi connectivity index (χ1n) is 7.30. The van der Waals surface area contributed by atoms with Crippen LogP contribution in [0.3, 0.4) is 0 Å². The second kappa shape index (κ2) is 7.55. The fourth-order valence-corrected chi connectivity index (χ4v) is 3.21. The van der Waals surface area contributed by atoms with Gasteiger partial charge in [-0.25, -0.2) is 0 Å². The standard InChI is InChI=1S/C16H24BrNO2/c1-13(14-3-2-4-15(17)9-14)10-18-11-16(5-7-19)6-8-20-12-16/h2-4,9,13,18-19H,5-8,10-12H2,1H3. The molecule has 1 aliphatic rings. The smallest absolute Gasteiger partial charge is 0.0536 e. The van der Waals surface area contributed by atoms with Crippen molar-refractivity contribution in [2.45, 2.75) is 25.7 Å². The number of ether oxygens (including phenoxy) is 1. The third-order valence-corrected chi connectivity index (χ3v) is 4.69. The van der Waals surface area contributed by atoms with Gasteiger partial charge in [-0.05, 0) is 36.5 Å². The van der Waals surface area contributed by atoms with Crippen LogP contribution >= 0.6 is 15.9 Å². The van der Waals surface area contributed by atoms with Crippen LogP contribution in [0.5, 0.6) is 0 Å². The molecule has 1 heterocycles. The molecule has 0 bridgehead atoms. The molecule has 0 radical (unpaired) electrons. The Bertz CT molecular complexity index is 419. The lowest BCUT2D eigenvalue weighted by Crippen LogP contribution is -2.37. The van der Waals surface area contributed by atoms with Gasteiger partial charge in [-0.15, -0.1) is 0 Å². The average Bonchev–Trinajstić information content (AvgIpc) is 2.88. The van der Waals surface area contributed by atoms with Crippen molar-refractivity contribution in [1.29, 1.82) is 0 Å². The predicted octanol–water partition coefficient (Wildman–Crippen LogP) is 2.93. The molecule has 0 aliphatic carbocycles. The number of aliphatic hydroxyl groups is 1. The van der Waals surface area contributed by atoms with Gasteiger partial charge < -0.3 is 15.2 Å². The molecular formula is C16H24BrNO2. The van der Waals surface area contributed by atoms with Crippen LogP contribution in [0.1, 0.15) is 31.2 Å². The molecule has 2 N–H and O–H groups in total. The van der Waals surface area contributed by atoms with Gasteiger partial charge in [0.15, 0.2) is 0 Å². The van der Waals surface area contributed by atoms with Crippen molar-refractivity contribution >= 4 is 15.9 Å². The number of hydrogen-bond acceptors (Lipinski definition) is 3. The van der Waals surface area contributed by atoms with Crippen molar-refractivity contribution in [2.24, 2.45) is 5.41 Å². The number of hydrogen-bond donors (Lipinski definition) is 2. The highest BCUT2D eigenvalue weighted by atomic mass is 79.9. The quantitative estimate of drug-likeness (QED) is 0.801. The summed E-state index contributed by atoms with van der Waals surface area (Å²) in [5.74, 6) is 0.473. The molecule has 2 atom stereocenters. The van der Waals surface area contributed by atoms with Crippen molar-refractivity contribution in [3.05, 3.63) is 34.3 Å². The van der Waals surface area contributed by atoms with Gasteiger partial charge in [-0.3, -0.25) is 0 Å². The van der Waals surface area contributed by atoms with Gasteiger partial charge in [0.2, 0.25) is 0 Å². The van der Waals surface area contributed by atoms with Crippen molar-refractivity contribution in [3.8, 4) is 0 Å². The van der Waals surface area contributed by atoms with Gasteiger partial charge in [0.1, 0.15) is 0 Å². The lowest BCUT2D eigenvalue weighted by atomic mass is 9.84. The van der Waals surface area contributed by atoms with E-state index in [9.17, 15) is 5.11 Å². The summed E-state index contributed by atoms with van der Waals surface area (Å²) >= 11 is 3.52. The fraction of sp³-hybridized carbons (Fsp3) is 0.625. The first-order valence-corrected chi connectivity index (χ1v) is 8.09. The monoisotopic (exact) mass is 341 g/mol. The number of nitrogens with one attached hydrogen (secondary N) is 1. The maximum atomic E-state index is 9.22. The Labute approximate surface area is 129 Å². The zero-order valence-corrected chi connectivity index (χ0v) is 13.7. The summed E-state index contributed by atoms with van der Waals surface area (Å²) in [4.78, 5) is 0. The zero-order chi connectivity index (χ0) is 14.4. The highest BCUT2D eigenvalue weighted by Crippen LogP contribution is 2.31. The van der Waals surface area contributed by atoms with Crippen LogP contribution in [0.25, 0.3) is 0 Å². The Balaban J connectivity index is 1.82. The lowest BCUT2D eigenvalue weighted by molar-refractivity contribution is 0.124. The fourth-order valence-electron chi connectivity index (χ4n) is 2.80. The average molecular weight is 342 g/mol. The molecule has 4 heteroatoms. The third-order valence-electron chi connectivity index (χ3n) is 4.20. The molecule has 0 saturated carbocycles. The Kier molecular flexibility index (Phi) is 6.02. The van der Waals surface area contributed by atoms with Crippen molar-refractivity contribution in [1.82, 2.24) is 5.32 Å². The molecule has 1 aromatic rings. The maximum absolute atomic E-state index is 9.22. The third kappa shape index (κ3) is 4.29. The number of benzene rings is 1. The van der Waals surface area contributed by atoms with Gasteiger partial charge in [0.05, 0.1) is 6.61 Å². The number of halogens is 1. The Morgan fingerprint density at radius 2 is 2.35 bits per heavy atom. The SMILES string of the molecule is CC(CNCC1(CCO)CCOC1)c1cccc(Br)c1. The van der Waals surface area contributed by atoms with E-state index >= 15 is 0 Å². The second-order valence-corrected chi connectivity index (χ2v) is 6.78. The van der Waals surface area contributed by atoms with Crippen LogP contribution in [-0.2, 0) is 4.74 Å². The first-order chi connectivity index (χ1) is 9.65. The van der Waals surface area contributed by atoms with E-state index in [0.717, 1.165) is 43.6 Å². The van der Waals surface area contributed by atoms with Gasteiger partial charge in [-0.1, -0.05) is 35.0 Å². The summed E-state index contributed by atoms with van der Waals surface area (Å²) in [6.45, 7) is 5.94. The van der Waals surface area contributed by atoms with E-state index < -0.39 is 0 Å². The van der Waals surface area contributed by atoms with Crippen molar-refractivity contribution in [2.75, 3.05) is 32.9 Å². The minimum Gasteiger partial charge on any atom is -0.396 e. The van der Waals surface area contributed by atoms with Crippen molar-refractivity contribution < 1.29 is 9.84 Å². The molecule has 2 rings (SSSR count). The largest absolute Gasteiger partial charge is 0.396 e. The second-order valence-electron chi connectivity index (χ2n) is 5.86. The molecule has 3 nitrogen and oxygen atoms in total. The van der Waals surface area contributed by atoms with Crippen LogP contribution in [0.15, 0.2) is 28.7 Å². The van der Waals surface area contributed by atoms with Gasteiger partial charge in [-0.2, -0.15) is 0 Å². The van der Waals surface area contributed by atoms with E-state index in [0.29, 0.717) is 5.92 Å². The molecule has 20 heavy (non-hydrogen) atoms. The van der Waals surface area contributed by atoms with Crippen LogP contribution in [-0.4, -0.2) is 38.0 Å². The molecule has 1 aliphatic heterocycles.